The minimum absolute atomic E-state index is 0. The van der Waals surface area contributed by atoms with Gasteiger partial charge >= 0.3 is 5.97 Å². The molecule has 6 rings (SSSR count). The minimum Gasteiger partial charge on any atom is -0.488 e. The van der Waals surface area contributed by atoms with Gasteiger partial charge in [-0.2, -0.15) is 0 Å². The average Bonchev–Trinajstić information content (AvgIpc) is 3.66. The van der Waals surface area contributed by atoms with Gasteiger partial charge in [-0.3, -0.25) is 4.79 Å². The molecule has 1 saturated carbocycles. The Hall–Kier alpha value is -4.32. The lowest BCUT2D eigenvalue weighted by molar-refractivity contribution is -0.133. The number of fused-ring (bicyclic) bond motifs is 1. The average molecular weight is 679 g/mol. The van der Waals surface area contributed by atoms with Crippen molar-refractivity contribution in [1.82, 2.24) is 19.4 Å². The fraction of sp³-hybridized carbons (Fsp3) is 0.314. The molecule has 1 amide bonds. The zero-order valence-electron chi connectivity index (χ0n) is 26.1. The lowest BCUT2D eigenvalue weighted by atomic mass is 9.95. The summed E-state index contributed by atoms with van der Waals surface area (Å²) in [5.41, 5.74) is 4.19. The summed E-state index contributed by atoms with van der Waals surface area (Å²) in [5, 5.41) is 10.2. The van der Waals surface area contributed by atoms with Gasteiger partial charge in [0.1, 0.15) is 35.6 Å². The van der Waals surface area contributed by atoms with Crippen LogP contribution in [0, 0.1) is 5.82 Å². The Bertz CT molecular complexity index is 1850. The first-order chi connectivity index (χ1) is 22.3. The van der Waals surface area contributed by atoms with Crippen molar-refractivity contribution in [2.75, 3.05) is 20.7 Å². The van der Waals surface area contributed by atoms with Crippen LogP contribution in [0.4, 0.5) is 4.39 Å². The highest BCUT2D eigenvalue weighted by Gasteiger charge is 2.23. The monoisotopic (exact) mass is 678 g/mol. The molecule has 2 aromatic heterocycles. The van der Waals surface area contributed by atoms with E-state index in [-0.39, 0.29) is 49.5 Å². The first kappa shape index (κ1) is 34.0. The number of carboxylic acids is 1. The number of benzene rings is 3. The smallest absolute Gasteiger partial charge is 0.335 e. The van der Waals surface area contributed by atoms with E-state index >= 15 is 0 Å². The summed E-state index contributed by atoms with van der Waals surface area (Å²) in [4.78, 5) is 35.5. The first-order valence-corrected chi connectivity index (χ1v) is 16.1. The summed E-state index contributed by atoms with van der Waals surface area (Å²) in [5.74, 6) is 0.0304. The van der Waals surface area contributed by atoms with Gasteiger partial charge < -0.3 is 24.0 Å². The van der Waals surface area contributed by atoms with Crippen molar-refractivity contribution in [3.05, 3.63) is 88.0 Å². The van der Waals surface area contributed by atoms with Crippen molar-refractivity contribution in [3.8, 4) is 28.4 Å². The molecule has 1 N–H and O–H groups in total. The molecule has 0 aliphatic heterocycles. The molecule has 0 unspecified atom stereocenters. The molecule has 0 spiro atoms. The van der Waals surface area contributed by atoms with Gasteiger partial charge in [-0.15, -0.1) is 23.7 Å². The van der Waals surface area contributed by atoms with E-state index in [4.69, 9.17) is 19.4 Å². The van der Waals surface area contributed by atoms with Crippen molar-refractivity contribution in [2.45, 2.75) is 51.4 Å². The number of imidazole rings is 1. The highest BCUT2D eigenvalue weighted by molar-refractivity contribution is 7.12. The van der Waals surface area contributed by atoms with Crippen LogP contribution in [-0.2, 0) is 22.7 Å². The quantitative estimate of drug-likeness (QED) is 0.152. The third-order valence-corrected chi connectivity index (χ3v) is 9.17. The normalized spacial score (nSPS) is 13.3. The maximum atomic E-state index is 13.7. The Morgan fingerprint density at radius 1 is 0.957 bits per heavy atom. The number of rotatable bonds is 11. The van der Waals surface area contributed by atoms with Crippen LogP contribution in [0.25, 0.3) is 33.7 Å². The summed E-state index contributed by atoms with van der Waals surface area (Å²) in [7, 11) is 3.35. The van der Waals surface area contributed by atoms with Gasteiger partial charge in [0.15, 0.2) is 0 Å². The maximum absolute atomic E-state index is 13.7. The van der Waals surface area contributed by atoms with E-state index in [1.165, 1.54) is 34.8 Å². The van der Waals surface area contributed by atoms with E-state index in [2.05, 4.69) is 4.57 Å². The number of aromatic carboxylic acids is 1. The van der Waals surface area contributed by atoms with Crippen LogP contribution in [-0.4, -0.2) is 57.1 Å². The van der Waals surface area contributed by atoms with Crippen molar-refractivity contribution in [2.24, 2.45) is 0 Å². The van der Waals surface area contributed by atoms with Crippen molar-refractivity contribution in [1.29, 1.82) is 0 Å². The molecule has 246 valence electrons. The zero-order chi connectivity index (χ0) is 32.2. The number of likely N-dealkylation sites (N-methyl/N-ethyl adjacent to an activating group) is 1. The summed E-state index contributed by atoms with van der Waals surface area (Å²) in [6.07, 6.45) is 5.66. The molecule has 0 radical (unpaired) electrons. The van der Waals surface area contributed by atoms with Gasteiger partial charge in [0.2, 0.25) is 5.91 Å². The molecule has 5 aromatic rings. The zero-order valence-corrected chi connectivity index (χ0v) is 27.8. The van der Waals surface area contributed by atoms with E-state index in [0.717, 1.165) is 53.0 Å². The van der Waals surface area contributed by atoms with Crippen molar-refractivity contribution >= 4 is 46.7 Å². The fourth-order valence-electron chi connectivity index (χ4n) is 5.74. The number of carbonyl (C=O) groups excluding carboxylic acids is 1. The van der Waals surface area contributed by atoms with Crippen molar-refractivity contribution in [3.63, 3.8) is 0 Å². The third-order valence-electron chi connectivity index (χ3n) is 8.17. The van der Waals surface area contributed by atoms with Gasteiger partial charge in [0.05, 0.1) is 33.8 Å². The summed E-state index contributed by atoms with van der Waals surface area (Å²) in [6, 6.07) is 19.4. The van der Waals surface area contributed by atoms with Crippen LogP contribution in [0.15, 0.2) is 66.7 Å². The molecular weight excluding hydrogens is 643 g/mol. The van der Waals surface area contributed by atoms with Crippen LogP contribution in [0.2, 0.25) is 0 Å². The molecule has 1 fully saturated rings. The van der Waals surface area contributed by atoms with Crippen LogP contribution in [0.1, 0.15) is 58.4 Å². The van der Waals surface area contributed by atoms with Gasteiger partial charge in [0.25, 0.3) is 0 Å². The number of nitrogens with zero attached hydrogens (tertiary/aromatic N) is 4. The molecule has 12 heteroatoms. The predicted octanol–water partition coefficient (Wildman–Crippen LogP) is 7.77. The SMILES string of the molecule is CN(C)C(=O)COCc1nc(-c2ccc(F)cc2)c(COc2ccc(-c3nc4cc(C(=O)O)ccc4n3C3CCCCC3)cc2)s1.Cl. The summed E-state index contributed by atoms with van der Waals surface area (Å²) in [6.45, 7) is 0.355. The number of hydrogen-bond donors (Lipinski definition) is 1. The van der Waals surface area contributed by atoms with E-state index in [0.29, 0.717) is 28.0 Å². The standard InChI is InChI=1S/C35H35FN4O5S.ClH/c1-39(2)32(41)21-44-20-31-38-33(22-8-13-25(36)14-9-22)30(46-31)19-45-27-15-10-23(11-16-27)34-37-28-18-24(35(42)43)12-17-29(28)40(34)26-6-4-3-5-7-26;/h8-18,26H,3-7,19-21H2,1-2H3,(H,42,43);1H. The molecule has 1 aliphatic rings. The summed E-state index contributed by atoms with van der Waals surface area (Å²) >= 11 is 1.43. The lowest BCUT2D eigenvalue weighted by Gasteiger charge is -2.25. The molecule has 47 heavy (non-hydrogen) atoms. The van der Waals surface area contributed by atoms with Gasteiger partial charge in [-0.25, -0.2) is 19.2 Å². The maximum Gasteiger partial charge on any atom is 0.335 e. The second-order valence-corrected chi connectivity index (χ2v) is 12.8. The molecule has 0 saturated heterocycles. The molecule has 3 aromatic carbocycles. The fourth-order valence-corrected chi connectivity index (χ4v) is 6.68. The highest BCUT2D eigenvalue weighted by Crippen LogP contribution is 2.37. The minimum atomic E-state index is -0.972. The highest BCUT2D eigenvalue weighted by atomic mass is 35.5. The van der Waals surface area contributed by atoms with E-state index in [1.54, 1.807) is 38.4 Å². The lowest BCUT2D eigenvalue weighted by Crippen LogP contribution is -2.26. The number of hydrogen-bond acceptors (Lipinski definition) is 7. The molecule has 0 bridgehead atoms. The van der Waals surface area contributed by atoms with Gasteiger partial charge in [-0.05, 0) is 79.6 Å². The number of halogens is 2. The molecule has 2 heterocycles. The topological polar surface area (TPSA) is 107 Å². The first-order valence-electron chi connectivity index (χ1n) is 15.3. The van der Waals surface area contributed by atoms with Crippen LogP contribution in [0.3, 0.4) is 0 Å². The number of carboxylic acid groups (broad SMARTS) is 1. The number of aromatic nitrogens is 3. The number of thiazole rings is 1. The van der Waals surface area contributed by atoms with E-state index in [1.807, 2.05) is 30.3 Å². The Morgan fingerprint density at radius 3 is 2.34 bits per heavy atom. The molecule has 0 atom stereocenters. The van der Waals surface area contributed by atoms with E-state index in [9.17, 15) is 19.1 Å². The number of ether oxygens (including phenoxy) is 2. The largest absolute Gasteiger partial charge is 0.488 e. The molecule has 1 aliphatic carbocycles. The van der Waals surface area contributed by atoms with Gasteiger partial charge in [-0.1, -0.05) is 19.3 Å². The Labute approximate surface area is 282 Å². The molecule has 9 nitrogen and oxygen atoms in total. The second kappa shape index (κ2) is 15.1. The summed E-state index contributed by atoms with van der Waals surface area (Å²) < 4.78 is 27.7. The van der Waals surface area contributed by atoms with Gasteiger partial charge in [0, 0.05) is 31.3 Å². The van der Waals surface area contributed by atoms with Crippen molar-refractivity contribution < 1.29 is 28.6 Å². The third kappa shape index (κ3) is 7.81. The van der Waals surface area contributed by atoms with E-state index < -0.39 is 5.97 Å². The number of carbonyl (C=O) groups is 2. The Morgan fingerprint density at radius 2 is 1.66 bits per heavy atom. The van der Waals surface area contributed by atoms with Crippen LogP contribution in [0.5, 0.6) is 5.75 Å². The Kier molecular flexibility index (Phi) is 10.9. The Balaban J connectivity index is 0.00000433. The second-order valence-electron chi connectivity index (χ2n) is 11.6. The van der Waals surface area contributed by atoms with Crippen LogP contribution >= 0.6 is 23.7 Å². The predicted molar refractivity (Wildman–Crippen MR) is 182 cm³/mol. The van der Waals surface area contributed by atoms with Crippen LogP contribution < -0.4 is 4.74 Å². The number of amides is 1. The molecular formula is C35H36ClFN4O5S.